The first-order valence-corrected chi connectivity index (χ1v) is 15.9. The van der Waals surface area contributed by atoms with Crippen LogP contribution in [-0.2, 0) is 0 Å². The van der Waals surface area contributed by atoms with Crippen molar-refractivity contribution in [3.05, 3.63) is 140 Å². The number of anilines is 4. The van der Waals surface area contributed by atoms with Gasteiger partial charge in [-0.2, -0.15) is 0 Å². The Hall–Kier alpha value is -5.64. The number of ketones is 1. The summed E-state index contributed by atoms with van der Waals surface area (Å²) in [7, 11) is 1.84. The molecule has 0 spiro atoms. The van der Waals surface area contributed by atoms with Gasteiger partial charge in [-0.25, -0.2) is 0 Å². The van der Waals surface area contributed by atoms with Gasteiger partial charge in [-0.05, 0) is 129 Å². The summed E-state index contributed by atoms with van der Waals surface area (Å²) in [6, 6.07) is 26.4. The van der Waals surface area contributed by atoms with Crippen LogP contribution in [0.5, 0.6) is 11.5 Å². The molecule has 0 unspecified atom stereocenters. The Bertz CT molecular complexity index is 2080. The van der Waals surface area contributed by atoms with Crippen molar-refractivity contribution in [3.8, 4) is 11.5 Å². The molecule has 5 aromatic carbocycles. The Balaban J connectivity index is 1.16. The number of amides is 3. The lowest BCUT2D eigenvalue weighted by atomic mass is 10.1. The monoisotopic (exact) mass is 694 g/mol. The van der Waals surface area contributed by atoms with Crippen molar-refractivity contribution in [1.82, 2.24) is 0 Å². The summed E-state index contributed by atoms with van der Waals surface area (Å²) in [6.07, 6.45) is 0. The topological polar surface area (TPSA) is 126 Å². The second kappa shape index (κ2) is 15.1. The summed E-state index contributed by atoms with van der Waals surface area (Å²) in [5, 5.41) is 12.0. The van der Waals surface area contributed by atoms with Gasteiger partial charge < -0.3 is 26.0 Å². The highest BCUT2D eigenvalue weighted by molar-refractivity contribution is 6.35. The van der Waals surface area contributed by atoms with Gasteiger partial charge in [-0.15, -0.1) is 0 Å². The van der Waals surface area contributed by atoms with Gasteiger partial charge in [0, 0.05) is 46.5 Å². The number of carbonyl (C=O) groups is 4. The Morgan fingerprint density at radius 1 is 0.551 bits per heavy atom. The fraction of sp³-hybridized carbons (Fsp3) is 0.105. The molecule has 0 atom stereocenters. The molecule has 0 heterocycles. The summed E-state index contributed by atoms with van der Waals surface area (Å²) >= 11 is 12.6. The number of hydrogen-bond acceptors (Lipinski definition) is 6. The van der Waals surface area contributed by atoms with Crippen LogP contribution in [0.2, 0.25) is 10.0 Å². The lowest BCUT2D eigenvalue weighted by Crippen LogP contribution is -2.15. The summed E-state index contributed by atoms with van der Waals surface area (Å²) < 4.78 is 5.90. The number of benzene rings is 5. The first-order valence-electron chi connectivity index (χ1n) is 15.1. The second-order valence-corrected chi connectivity index (χ2v) is 12.0. The van der Waals surface area contributed by atoms with Crippen LogP contribution in [0.3, 0.4) is 0 Å². The molecule has 0 bridgehead atoms. The summed E-state index contributed by atoms with van der Waals surface area (Å²) in [5.41, 5.74) is 5.83. The molecule has 0 radical (unpaired) electrons. The van der Waals surface area contributed by atoms with E-state index in [0.717, 1.165) is 16.8 Å². The van der Waals surface area contributed by atoms with Gasteiger partial charge >= 0.3 is 0 Å². The number of nitrogens with one attached hydrogen (secondary N) is 4. The molecule has 0 aliphatic rings. The smallest absolute Gasteiger partial charge is 0.257 e. The Kier molecular flexibility index (Phi) is 10.7. The van der Waals surface area contributed by atoms with E-state index >= 15 is 0 Å². The minimum Gasteiger partial charge on any atom is -0.457 e. The molecule has 0 fully saturated rings. The SMILES string of the molecule is CNc1cc(C)c(NC(=O)c2ccc(C(=O)Nc3ccc(Oc4ccc(NC(=O)c5ccc(C(C)=O)c(Cl)c5)cc4)cc3)c(Cl)c2)cc1C. The van der Waals surface area contributed by atoms with Crippen LogP contribution in [0.25, 0.3) is 0 Å². The van der Waals surface area contributed by atoms with E-state index in [-0.39, 0.29) is 33.2 Å². The number of ether oxygens (including phenoxy) is 1. The zero-order chi connectivity index (χ0) is 35.2. The van der Waals surface area contributed by atoms with E-state index < -0.39 is 5.91 Å². The molecule has 4 N–H and O–H groups in total. The van der Waals surface area contributed by atoms with E-state index in [2.05, 4.69) is 21.3 Å². The number of carbonyl (C=O) groups excluding carboxylic acids is 4. The molecular weight excluding hydrogens is 663 g/mol. The minimum absolute atomic E-state index is 0.137. The molecule has 0 aromatic heterocycles. The maximum absolute atomic E-state index is 13.0. The Morgan fingerprint density at radius 3 is 1.49 bits per heavy atom. The third-order valence-corrected chi connectivity index (χ3v) is 8.26. The van der Waals surface area contributed by atoms with Crippen molar-refractivity contribution in [2.45, 2.75) is 20.8 Å². The molecule has 3 amide bonds. The van der Waals surface area contributed by atoms with Gasteiger partial charge in [0.1, 0.15) is 11.5 Å². The average molecular weight is 696 g/mol. The number of hydrogen-bond donors (Lipinski definition) is 4. The third kappa shape index (κ3) is 8.45. The number of halogens is 2. The van der Waals surface area contributed by atoms with E-state index in [4.69, 9.17) is 27.9 Å². The van der Waals surface area contributed by atoms with Crippen LogP contribution in [0.1, 0.15) is 59.5 Å². The minimum atomic E-state index is -0.436. The predicted molar refractivity (Wildman–Crippen MR) is 195 cm³/mol. The summed E-state index contributed by atoms with van der Waals surface area (Å²) in [5.74, 6) is -0.280. The zero-order valence-electron chi connectivity index (χ0n) is 27.0. The first-order chi connectivity index (χ1) is 23.4. The largest absolute Gasteiger partial charge is 0.457 e. The zero-order valence-corrected chi connectivity index (χ0v) is 28.5. The number of aryl methyl sites for hydroxylation is 2. The van der Waals surface area contributed by atoms with Crippen molar-refractivity contribution < 1.29 is 23.9 Å². The van der Waals surface area contributed by atoms with Crippen molar-refractivity contribution in [3.63, 3.8) is 0 Å². The lowest BCUT2D eigenvalue weighted by molar-refractivity contribution is 0.100. The van der Waals surface area contributed by atoms with E-state index in [1.807, 2.05) is 33.0 Å². The highest BCUT2D eigenvalue weighted by Crippen LogP contribution is 2.28. The lowest BCUT2D eigenvalue weighted by Gasteiger charge is -2.14. The molecule has 0 saturated heterocycles. The molecule has 0 saturated carbocycles. The van der Waals surface area contributed by atoms with Gasteiger partial charge in [0.15, 0.2) is 5.78 Å². The molecule has 49 heavy (non-hydrogen) atoms. The molecule has 248 valence electrons. The van der Waals surface area contributed by atoms with Gasteiger partial charge in [-0.1, -0.05) is 23.2 Å². The molecule has 9 nitrogen and oxygen atoms in total. The van der Waals surface area contributed by atoms with Crippen LogP contribution in [0.4, 0.5) is 22.7 Å². The van der Waals surface area contributed by atoms with Crippen molar-refractivity contribution in [2.24, 2.45) is 0 Å². The average Bonchev–Trinajstić information content (AvgIpc) is 3.07. The van der Waals surface area contributed by atoms with Crippen LogP contribution in [0, 0.1) is 13.8 Å². The molecule has 0 aliphatic carbocycles. The third-order valence-electron chi connectivity index (χ3n) is 7.64. The van der Waals surface area contributed by atoms with Crippen LogP contribution >= 0.6 is 23.2 Å². The second-order valence-electron chi connectivity index (χ2n) is 11.2. The Labute approximate surface area is 293 Å². The molecule has 5 rings (SSSR count). The maximum Gasteiger partial charge on any atom is 0.257 e. The predicted octanol–water partition coefficient (Wildman–Crippen LogP) is 9.40. The quantitative estimate of drug-likeness (QED) is 0.108. The standard InChI is InChI=1S/C38H32Cl2N4O5/c1-21-18-35(22(2)17-34(21)41-4)44-37(47)25-6-16-31(33(40)20-25)38(48)43-27-9-13-29(14-10-27)49-28-11-7-26(8-12-28)42-36(46)24-5-15-30(23(3)45)32(39)19-24/h5-20,41H,1-4H3,(H,42,46)(H,43,48)(H,44,47). The summed E-state index contributed by atoms with van der Waals surface area (Å²) in [6.45, 7) is 5.27. The fourth-order valence-corrected chi connectivity index (χ4v) is 5.53. The first kappa shape index (κ1) is 34.7. The van der Waals surface area contributed by atoms with Crippen LogP contribution in [-0.4, -0.2) is 30.6 Å². The van der Waals surface area contributed by atoms with E-state index in [9.17, 15) is 19.2 Å². The van der Waals surface area contributed by atoms with Crippen molar-refractivity contribution in [1.29, 1.82) is 0 Å². The highest BCUT2D eigenvalue weighted by atomic mass is 35.5. The van der Waals surface area contributed by atoms with E-state index in [1.54, 1.807) is 60.7 Å². The van der Waals surface area contributed by atoms with Gasteiger partial charge in [0.05, 0.1) is 15.6 Å². The van der Waals surface area contributed by atoms with Gasteiger partial charge in [0.25, 0.3) is 17.7 Å². The molecule has 5 aromatic rings. The molecular formula is C38H32Cl2N4O5. The van der Waals surface area contributed by atoms with E-state index in [1.165, 1.54) is 31.2 Å². The number of Topliss-reactive ketones (excluding diaryl/α,β-unsaturated/α-hetero) is 1. The Morgan fingerprint density at radius 2 is 1.00 bits per heavy atom. The van der Waals surface area contributed by atoms with Gasteiger partial charge in [0.2, 0.25) is 0 Å². The number of rotatable bonds is 10. The van der Waals surface area contributed by atoms with Gasteiger partial charge in [-0.3, -0.25) is 19.2 Å². The van der Waals surface area contributed by atoms with Crippen molar-refractivity contribution >= 4 is 69.5 Å². The summed E-state index contributed by atoms with van der Waals surface area (Å²) in [4.78, 5) is 50.2. The molecule has 0 aliphatic heterocycles. The highest BCUT2D eigenvalue weighted by Gasteiger charge is 2.16. The van der Waals surface area contributed by atoms with Crippen molar-refractivity contribution in [2.75, 3.05) is 28.3 Å². The van der Waals surface area contributed by atoms with Crippen LogP contribution in [0.15, 0.2) is 97.1 Å². The fourth-order valence-electron chi connectivity index (χ4n) is 4.95. The molecule has 11 heteroatoms. The van der Waals surface area contributed by atoms with E-state index in [0.29, 0.717) is 45.3 Å². The normalized spacial score (nSPS) is 10.6. The maximum atomic E-state index is 13.0. The van der Waals surface area contributed by atoms with Crippen LogP contribution < -0.4 is 26.0 Å².